The first-order chi connectivity index (χ1) is 6.70. The van der Waals surface area contributed by atoms with Gasteiger partial charge in [0, 0.05) is 6.04 Å². The van der Waals surface area contributed by atoms with E-state index in [1.807, 2.05) is 0 Å². The van der Waals surface area contributed by atoms with Gasteiger partial charge in [0.25, 0.3) is 0 Å². The molecule has 1 aliphatic heterocycles. The SMILES string of the molecule is NC1CCCCC1N1C(=O)CNC1=O. The Kier molecular flexibility index (Phi) is 2.41. The molecule has 1 saturated carbocycles. The Morgan fingerprint density at radius 2 is 2.00 bits per heavy atom. The van der Waals surface area contributed by atoms with E-state index in [1.54, 1.807) is 0 Å². The third kappa shape index (κ3) is 1.48. The highest BCUT2D eigenvalue weighted by atomic mass is 16.2. The smallest absolute Gasteiger partial charge is 0.324 e. The first kappa shape index (κ1) is 9.45. The minimum absolute atomic E-state index is 0.0449. The monoisotopic (exact) mass is 197 g/mol. The van der Waals surface area contributed by atoms with Gasteiger partial charge >= 0.3 is 6.03 Å². The van der Waals surface area contributed by atoms with Crippen molar-refractivity contribution in [3.63, 3.8) is 0 Å². The number of carbonyl (C=O) groups excluding carboxylic acids is 2. The normalized spacial score (nSPS) is 33.4. The summed E-state index contributed by atoms with van der Waals surface area (Å²) in [6.45, 7) is 0.127. The van der Waals surface area contributed by atoms with Crippen LogP contribution in [0.15, 0.2) is 0 Å². The van der Waals surface area contributed by atoms with Crippen LogP contribution in [0.1, 0.15) is 25.7 Å². The quantitative estimate of drug-likeness (QED) is 0.572. The number of nitrogens with two attached hydrogens (primary N) is 1. The first-order valence-electron chi connectivity index (χ1n) is 5.05. The van der Waals surface area contributed by atoms with Gasteiger partial charge in [-0.3, -0.25) is 9.69 Å². The summed E-state index contributed by atoms with van der Waals surface area (Å²) in [5, 5.41) is 2.52. The second-order valence-corrected chi connectivity index (χ2v) is 3.94. The molecule has 1 aliphatic carbocycles. The molecule has 2 unspecified atom stereocenters. The van der Waals surface area contributed by atoms with E-state index in [4.69, 9.17) is 5.73 Å². The van der Waals surface area contributed by atoms with Crippen molar-refractivity contribution in [2.75, 3.05) is 6.54 Å². The van der Waals surface area contributed by atoms with Crippen molar-refractivity contribution in [1.82, 2.24) is 10.2 Å². The average molecular weight is 197 g/mol. The van der Waals surface area contributed by atoms with Gasteiger partial charge in [0.05, 0.1) is 12.6 Å². The minimum atomic E-state index is -0.280. The lowest BCUT2D eigenvalue weighted by molar-refractivity contribution is -0.127. The van der Waals surface area contributed by atoms with Crippen LogP contribution >= 0.6 is 0 Å². The molecular formula is C9H15N3O2. The zero-order valence-corrected chi connectivity index (χ0v) is 8.03. The lowest BCUT2D eigenvalue weighted by Gasteiger charge is -2.33. The van der Waals surface area contributed by atoms with Crippen molar-refractivity contribution in [3.8, 4) is 0 Å². The predicted molar refractivity (Wildman–Crippen MR) is 50.5 cm³/mol. The van der Waals surface area contributed by atoms with Crippen LogP contribution in [0.3, 0.4) is 0 Å². The van der Waals surface area contributed by atoms with Crippen molar-refractivity contribution < 1.29 is 9.59 Å². The van der Waals surface area contributed by atoms with Crippen molar-refractivity contribution in [1.29, 1.82) is 0 Å². The molecule has 2 rings (SSSR count). The van der Waals surface area contributed by atoms with Crippen LogP contribution in [-0.2, 0) is 4.79 Å². The molecule has 3 N–H and O–H groups in total. The summed E-state index contributed by atoms with van der Waals surface area (Å²) in [6.07, 6.45) is 3.90. The Labute approximate surface area is 82.6 Å². The second kappa shape index (κ2) is 3.57. The molecule has 0 aromatic rings. The Hall–Kier alpha value is -1.10. The minimum Gasteiger partial charge on any atom is -0.329 e. The van der Waals surface area contributed by atoms with Crippen LogP contribution in [0, 0.1) is 0 Å². The summed E-state index contributed by atoms with van der Waals surface area (Å²) in [6, 6.07) is -0.410. The van der Waals surface area contributed by atoms with E-state index in [0.29, 0.717) is 0 Å². The Morgan fingerprint density at radius 3 is 2.57 bits per heavy atom. The summed E-state index contributed by atoms with van der Waals surface area (Å²) in [5.41, 5.74) is 5.91. The van der Waals surface area contributed by atoms with E-state index in [1.165, 1.54) is 4.90 Å². The summed E-state index contributed by atoms with van der Waals surface area (Å²) in [7, 11) is 0. The zero-order chi connectivity index (χ0) is 10.1. The number of amides is 3. The fourth-order valence-electron chi connectivity index (χ4n) is 2.23. The van der Waals surface area contributed by atoms with Gasteiger partial charge in [-0.15, -0.1) is 0 Å². The molecule has 0 aromatic heterocycles. The maximum Gasteiger partial charge on any atom is 0.324 e. The molecule has 0 bridgehead atoms. The van der Waals surface area contributed by atoms with E-state index in [-0.39, 0.29) is 30.6 Å². The van der Waals surface area contributed by atoms with Crippen LogP contribution in [0.4, 0.5) is 4.79 Å². The van der Waals surface area contributed by atoms with Crippen LogP contribution in [0.5, 0.6) is 0 Å². The Balaban J connectivity index is 2.12. The third-order valence-electron chi connectivity index (χ3n) is 2.99. The fraction of sp³-hybridized carbons (Fsp3) is 0.778. The van der Waals surface area contributed by atoms with Crippen molar-refractivity contribution >= 4 is 11.9 Å². The van der Waals surface area contributed by atoms with Gasteiger partial charge in [0.1, 0.15) is 0 Å². The highest BCUT2D eigenvalue weighted by Crippen LogP contribution is 2.23. The third-order valence-corrected chi connectivity index (χ3v) is 2.99. The highest BCUT2D eigenvalue weighted by molar-refractivity contribution is 6.02. The Morgan fingerprint density at radius 1 is 1.29 bits per heavy atom. The molecule has 5 heteroatoms. The molecule has 1 saturated heterocycles. The van der Waals surface area contributed by atoms with E-state index in [2.05, 4.69) is 5.32 Å². The second-order valence-electron chi connectivity index (χ2n) is 3.94. The van der Waals surface area contributed by atoms with E-state index in [9.17, 15) is 9.59 Å². The topological polar surface area (TPSA) is 75.4 Å². The summed E-state index contributed by atoms with van der Waals surface area (Å²) >= 11 is 0. The molecule has 2 atom stereocenters. The first-order valence-corrected chi connectivity index (χ1v) is 5.05. The van der Waals surface area contributed by atoms with Gasteiger partial charge in [0.15, 0.2) is 0 Å². The summed E-state index contributed by atoms with van der Waals surface area (Å²) in [4.78, 5) is 24.1. The number of nitrogens with one attached hydrogen (secondary N) is 1. The molecule has 0 radical (unpaired) electrons. The number of hydrogen-bond acceptors (Lipinski definition) is 3. The molecule has 0 aromatic carbocycles. The van der Waals surface area contributed by atoms with Gasteiger partial charge in [-0.05, 0) is 12.8 Å². The average Bonchev–Trinajstić information content (AvgIpc) is 2.48. The summed E-state index contributed by atoms with van der Waals surface area (Å²) in [5.74, 6) is -0.141. The zero-order valence-electron chi connectivity index (χ0n) is 8.03. The molecule has 2 fully saturated rings. The van der Waals surface area contributed by atoms with Gasteiger partial charge in [-0.1, -0.05) is 12.8 Å². The molecule has 5 nitrogen and oxygen atoms in total. The van der Waals surface area contributed by atoms with Crippen LogP contribution < -0.4 is 11.1 Å². The van der Waals surface area contributed by atoms with Crippen molar-refractivity contribution in [3.05, 3.63) is 0 Å². The summed E-state index contributed by atoms with van der Waals surface area (Å²) < 4.78 is 0. The maximum atomic E-state index is 11.4. The molecule has 78 valence electrons. The van der Waals surface area contributed by atoms with E-state index >= 15 is 0 Å². The maximum absolute atomic E-state index is 11.4. The van der Waals surface area contributed by atoms with Gasteiger partial charge in [0.2, 0.25) is 5.91 Å². The van der Waals surface area contributed by atoms with E-state index in [0.717, 1.165) is 25.7 Å². The molecule has 3 amide bonds. The number of urea groups is 1. The lowest BCUT2D eigenvalue weighted by Crippen LogP contribution is -2.52. The van der Waals surface area contributed by atoms with E-state index < -0.39 is 0 Å². The molecule has 14 heavy (non-hydrogen) atoms. The van der Waals surface area contributed by atoms with Gasteiger partial charge in [-0.2, -0.15) is 0 Å². The van der Waals surface area contributed by atoms with Crippen LogP contribution in [0.2, 0.25) is 0 Å². The van der Waals surface area contributed by atoms with Crippen molar-refractivity contribution in [2.45, 2.75) is 37.8 Å². The molecule has 1 heterocycles. The standard InChI is InChI=1S/C9H15N3O2/c10-6-3-1-2-4-7(6)12-8(13)5-11-9(12)14/h6-7H,1-5,10H2,(H,11,14). The lowest BCUT2D eigenvalue weighted by atomic mass is 9.90. The van der Waals surface area contributed by atoms with Gasteiger partial charge < -0.3 is 11.1 Å². The highest BCUT2D eigenvalue weighted by Gasteiger charge is 2.38. The molecule has 2 aliphatic rings. The largest absolute Gasteiger partial charge is 0.329 e. The molecule has 0 spiro atoms. The predicted octanol–water partition coefficient (Wildman–Crippen LogP) is -0.192. The molecular weight excluding hydrogens is 182 g/mol. The van der Waals surface area contributed by atoms with Crippen LogP contribution in [0.25, 0.3) is 0 Å². The van der Waals surface area contributed by atoms with Crippen LogP contribution in [-0.4, -0.2) is 35.5 Å². The fourth-order valence-corrected chi connectivity index (χ4v) is 2.23. The Bertz CT molecular complexity index is 251. The number of hydrogen-bond donors (Lipinski definition) is 2. The van der Waals surface area contributed by atoms with Crippen molar-refractivity contribution in [2.24, 2.45) is 5.73 Å². The van der Waals surface area contributed by atoms with Gasteiger partial charge in [-0.25, -0.2) is 4.79 Å². The number of carbonyl (C=O) groups is 2. The number of nitrogens with zero attached hydrogens (tertiary/aromatic N) is 1. The number of rotatable bonds is 1. The number of imide groups is 1.